The summed E-state index contributed by atoms with van der Waals surface area (Å²) in [6.45, 7) is 10.3. The van der Waals surface area contributed by atoms with Gasteiger partial charge < -0.3 is 14.2 Å². The maximum absolute atomic E-state index is 12.0. The van der Waals surface area contributed by atoms with Crippen molar-refractivity contribution in [1.29, 1.82) is 0 Å². The Labute approximate surface area is 147 Å². The molecule has 1 saturated heterocycles. The fourth-order valence-electron chi connectivity index (χ4n) is 3.24. The molecule has 25 heavy (non-hydrogen) atoms. The van der Waals surface area contributed by atoms with E-state index in [1.807, 2.05) is 19.9 Å². The molecule has 0 aromatic carbocycles. The van der Waals surface area contributed by atoms with Crippen molar-refractivity contribution >= 4 is 17.9 Å². The van der Waals surface area contributed by atoms with E-state index in [1.54, 1.807) is 6.08 Å². The van der Waals surface area contributed by atoms with Crippen molar-refractivity contribution in [3.63, 3.8) is 0 Å². The SMILES string of the molecule is C=C1C(=O)O[C@H]2/C=C(/C)[C@@H](OC(C)=O)C/C=C(\C)C[C@@H](OC(C)=O)[C@@H]12. The van der Waals surface area contributed by atoms with Crippen LogP contribution in [0, 0.1) is 5.92 Å². The van der Waals surface area contributed by atoms with Crippen LogP contribution in [0.25, 0.3) is 0 Å². The predicted molar refractivity (Wildman–Crippen MR) is 90.4 cm³/mol. The highest BCUT2D eigenvalue weighted by Gasteiger charge is 2.44. The Morgan fingerprint density at radius 3 is 2.44 bits per heavy atom. The second kappa shape index (κ2) is 7.68. The molecule has 1 aliphatic heterocycles. The molecule has 0 N–H and O–H groups in total. The molecule has 1 fully saturated rings. The standard InChI is InChI=1S/C19H24O6/c1-10-6-7-15(23-13(4)20)11(2)9-17-18(12(3)19(22)25-17)16(8-10)24-14(5)21/h6,9,15-18H,3,7-8H2,1-2,4-5H3/b10-6+,11-9-/t15-,16+,17-,18+/m0/s1. The fourth-order valence-corrected chi connectivity index (χ4v) is 3.24. The largest absolute Gasteiger partial charge is 0.461 e. The monoisotopic (exact) mass is 348 g/mol. The minimum absolute atomic E-state index is 0.290. The van der Waals surface area contributed by atoms with Crippen LogP contribution in [0.15, 0.2) is 35.5 Å². The summed E-state index contributed by atoms with van der Waals surface area (Å²) < 4.78 is 16.3. The molecular formula is C19H24O6. The van der Waals surface area contributed by atoms with Gasteiger partial charge in [-0.1, -0.05) is 18.2 Å². The summed E-state index contributed by atoms with van der Waals surface area (Å²) in [4.78, 5) is 34.9. The van der Waals surface area contributed by atoms with Gasteiger partial charge in [-0.05, 0) is 25.5 Å². The normalized spacial score (nSPS) is 33.9. The number of carbonyl (C=O) groups excluding carboxylic acids is 3. The lowest BCUT2D eigenvalue weighted by molar-refractivity contribution is -0.149. The quantitative estimate of drug-likeness (QED) is 0.330. The van der Waals surface area contributed by atoms with Crippen LogP contribution in [-0.2, 0) is 28.6 Å². The zero-order chi connectivity index (χ0) is 18.7. The molecule has 2 rings (SSSR count). The molecule has 0 amide bonds. The van der Waals surface area contributed by atoms with Gasteiger partial charge in [0, 0.05) is 32.3 Å². The lowest BCUT2D eigenvalue weighted by Crippen LogP contribution is -2.33. The van der Waals surface area contributed by atoms with E-state index in [-0.39, 0.29) is 11.5 Å². The summed E-state index contributed by atoms with van der Waals surface area (Å²) in [7, 11) is 0. The smallest absolute Gasteiger partial charge is 0.334 e. The van der Waals surface area contributed by atoms with E-state index in [0.717, 1.165) is 11.1 Å². The number of esters is 3. The molecule has 0 aromatic rings. The Morgan fingerprint density at radius 1 is 1.20 bits per heavy atom. The third-order valence-corrected chi connectivity index (χ3v) is 4.43. The van der Waals surface area contributed by atoms with Crippen molar-refractivity contribution in [3.8, 4) is 0 Å². The first-order valence-electron chi connectivity index (χ1n) is 8.27. The summed E-state index contributed by atoms with van der Waals surface area (Å²) in [6, 6.07) is 0. The number of hydrogen-bond donors (Lipinski definition) is 0. The van der Waals surface area contributed by atoms with E-state index in [4.69, 9.17) is 14.2 Å². The minimum Gasteiger partial charge on any atom is -0.461 e. The van der Waals surface area contributed by atoms with Crippen LogP contribution in [0.3, 0.4) is 0 Å². The van der Waals surface area contributed by atoms with Crippen LogP contribution in [0.1, 0.15) is 40.5 Å². The summed E-state index contributed by atoms with van der Waals surface area (Å²) in [6.07, 6.45) is 3.12. The number of carbonyl (C=O) groups is 3. The van der Waals surface area contributed by atoms with E-state index in [2.05, 4.69) is 6.58 Å². The van der Waals surface area contributed by atoms with Gasteiger partial charge >= 0.3 is 17.9 Å². The van der Waals surface area contributed by atoms with Crippen LogP contribution < -0.4 is 0 Å². The average molecular weight is 348 g/mol. The second-order valence-electron chi connectivity index (χ2n) is 6.57. The van der Waals surface area contributed by atoms with Gasteiger partial charge in [-0.3, -0.25) is 9.59 Å². The Bertz CT molecular complexity index is 657. The molecule has 1 aliphatic carbocycles. The van der Waals surface area contributed by atoms with Gasteiger partial charge in [-0.15, -0.1) is 0 Å². The van der Waals surface area contributed by atoms with Crippen molar-refractivity contribution in [2.45, 2.75) is 58.8 Å². The van der Waals surface area contributed by atoms with Gasteiger partial charge in [-0.2, -0.15) is 0 Å². The van der Waals surface area contributed by atoms with Crippen molar-refractivity contribution < 1.29 is 28.6 Å². The number of rotatable bonds is 2. The Balaban J connectivity index is 2.43. The van der Waals surface area contributed by atoms with Crippen LogP contribution in [0.5, 0.6) is 0 Å². The summed E-state index contributed by atoms with van der Waals surface area (Å²) >= 11 is 0. The van der Waals surface area contributed by atoms with Crippen molar-refractivity contribution in [1.82, 2.24) is 0 Å². The lowest BCUT2D eigenvalue weighted by atomic mass is 9.85. The molecule has 4 atom stereocenters. The Morgan fingerprint density at radius 2 is 1.84 bits per heavy atom. The van der Waals surface area contributed by atoms with Crippen molar-refractivity contribution in [3.05, 3.63) is 35.5 Å². The van der Waals surface area contributed by atoms with Gasteiger partial charge in [0.15, 0.2) is 0 Å². The Hall–Kier alpha value is -2.37. The van der Waals surface area contributed by atoms with Gasteiger partial charge in [0.1, 0.15) is 18.3 Å². The molecular weight excluding hydrogens is 324 g/mol. The number of fused-ring (bicyclic) bond motifs is 1. The van der Waals surface area contributed by atoms with Gasteiger partial charge in [0.25, 0.3) is 0 Å². The maximum atomic E-state index is 12.0. The predicted octanol–water partition coefficient (Wildman–Crippen LogP) is 2.63. The summed E-state index contributed by atoms with van der Waals surface area (Å²) in [5.74, 6) is -1.76. The first-order valence-corrected chi connectivity index (χ1v) is 8.27. The fraction of sp³-hybridized carbons (Fsp3) is 0.526. The first kappa shape index (κ1) is 19.0. The van der Waals surface area contributed by atoms with Crippen molar-refractivity contribution in [2.75, 3.05) is 0 Å². The molecule has 136 valence electrons. The second-order valence-corrected chi connectivity index (χ2v) is 6.57. The molecule has 6 heteroatoms. The van der Waals surface area contributed by atoms with Gasteiger partial charge in [-0.25, -0.2) is 4.79 Å². The van der Waals surface area contributed by atoms with E-state index >= 15 is 0 Å². The van der Waals surface area contributed by atoms with Crippen LogP contribution in [0.4, 0.5) is 0 Å². The molecule has 0 aromatic heterocycles. The van der Waals surface area contributed by atoms with E-state index in [1.165, 1.54) is 13.8 Å². The molecule has 2 aliphatic rings. The highest BCUT2D eigenvalue weighted by molar-refractivity contribution is 5.91. The lowest BCUT2D eigenvalue weighted by Gasteiger charge is -2.28. The third kappa shape index (κ3) is 4.59. The van der Waals surface area contributed by atoms with E-state index in [0.29, 0.717) is 12.8 Å². The van der Waals surface area contributed by atoms with Crippen LogP contribution in [0.2, 0.25) is 0 Å². The third-order valence-electron chi connectivity index (χ3n) is 4.43. The minimum atomic E-state index is -0.603. The van der Waals surface area contributed by atoms with Gasteiger partial charge in [0.2, 0.25) is 0 Å². The zero-order valence-corrected chi connectivity index (χ0v) is 15.0. The van der Waals surface area contributed by atoms with Gasteiger partial charge in [0.05, 0.1) is 5.92 Å². The van der Waals surface area contributed by atoms with Crippen molar-refractivity contribution in [2.24, 2.45) is 5.92 Å². The highest BCUT2D eigenvalue weighted by atomic mass is 16.6. The molecule has 6 nitrogen and oxygen atoms in total. The topological polar surface area (TPSA) is 78.9 Å². The summed E-state index contributed by atoms with van der Waals surface area (Å²) in [5, 5.41) is 0. The van der Waals surface area contributed by atoms with E-state index in [9.17, 15) is 14.4 Å². The van der Waals surface area contributed by atoms with Crippen LogP contribution in [-0.4, -0.2) is 36.2 Å². The number of hydrogen-bond acceptors (Lipinski definition) is 6. The highest BCUT2D eigenvalue weighted by Crippen LogP contribution is 2.36. The zero-order valence-electron chi connectivity index (χ0n) is 15.0. The number of ether oxygens (including phenoxy) is 3. The van der Waals surface area contributed by atoms with E-state index < -0.39 is 36.2 Å². The average Bonchev–Trinajstić information content (AvgIpc) is 2.75. The molecule has 0 spiro atoms. The maximum Gasteiger partial charge on any atom is 0.334 e. The van der Waals surface area contributed by atoms with Crippen LogP contribution >= 0.6 is 0 Å². The molecule has 0 saturated carbocycles. The molecule has 0 unspecified atom stereocenters. The Kier molecular flexibility index (Phi) is 5.82. The first-order chi connectivity index (χ1) is 11.7. The summed E-state index contributed by atoms with van der Waals surface area (Å²) in [5.41, 5.74) is 2.04. The molecule has 0 radical (unpaired) electrons. The molecule has 1 heterocycles. The molecule has 0 bridgehead atoms.